The van der Waals surface area contributed by atoms with E-state index in [0.717, 1.165) is 25.8 Å². The molecule has 0 aliphatic rings. The molecule has 0 aromatic carbocycles. The van der Waals surface area contributed by atoms with Gasteiger partial charge in [0.25, 0.3) is 0 Å². The van der Waals surface area contributed by atoms with Crippen LogP contribution in [0.4, 0.5) is 0 Å². The zero-order valence-electron chi connectivity index (χ0n) is 9.43. The van der Waals surface area contributed by atoms with E-state index in [4.69, 9.17) is 0 Å². The van der Waals surface area contributed by atoms with Gasteiger partial charge in [0.2, 0.25) is 0 Å². The van der Waals surface area contributed by atoms with Gasteiger partial charge in [-0.1, -0.05) is 6.42 Å². The first-order chi connectivity index (χ1) is 6.74. The molecule has 0 aromatic heterocycles. The minimum atomic E-state index is -0.141. The minimum absolute atomic E-state index is 0.141. The van der Waals surface area contributed by atoms with Crippen molar-refractivity contribution in [3.05, 3.63) is 0 Å². The van der Waals surface area contributed by atoms with Crippen LogP contribution >= 0.6 is 0 Å². The fourth-order valence-corrected chi connectivity index (χ4v) is 1.33. The van der Waals surface area contributed by atoms with E-state index in [0.29, 0.717) is 6.42 Å². The number of ether oxygens (including phenoxy) is 1. The van der Waals surface area contributed by atoms with Crippen LogP contribution in [0, 0.1) is 0 Å². The number of unbranched alkanes of at least 4 members (excludes halogenated alkanes) is 1. The van der Waals surface area contributed by atoms with Crippen LogP contribution in [0.5, 0.6) is 0 Å². The summed E-state index contributed by atoms with van der Waals surface area (Å²) in [6.07, 6.45) is 3.76. The zero-order valence-corrected chi connectivity index (χ0v) is 9.43. The van der Waals surface area contributed by atoms with Gasteiger partial charge in [0.05, 0.1) is 13.5 Å². The average Bonchev–Trinajstić information content (AvgIpc) is 2.22. The van der Waals surface area contributed by atoms with E-state index in [1.165, 1.54) is 7.11 Å². The van der Waals surface area contributed by atoms with Crippen LogP contribution in [0.1, 0.15) is 25.7 Å². The first kappa shape index (κ1) is 13.4. The maximum absolute atomic E-state index is 11.0. The molecule has 0 saturated carbocycles. The summed E-state index contributed by atoms with van der Waals surface area (Å²) in [5.41, 5.74) is 0. The molecule has 0 aromatic rings. The molecule has 2 N–H and O–H groups in total. The quantitative estimate of drug-likeness (QED) is 0.445. The van der Waals surface area contributed by atoms with Crippen molar-refractivity contribution in [3.8, 4) is 0 Å². The number of hydrogen-bond donors (Lipinski definition) is 2. The van der Waals surface area contributed by atoms with E-state index in [1.807, 2.05) is 14.1 Å². The van der Waals surface area contributed by atoms with E-state index in [-0.39, 0.29) is 12.0 Å². The summed E-state index contributed by atoms with van der Waals surface area (Å²) < 4.78 is 4.62. The highest BCUT2D eigenvalue weighted by atomic mass is 16.5. The van der Waals surface area contributed by atoms with Crippen LogP contribution in [0.15, 0.2) is 0 Å². The van der Waals surface area contributed by atoms with Crippen molar-refractivity contribution >= 4 is 5.97 Å². The molecule has 0 aliphatic carbocycles. The third-order valence-corrected chi connectivity index (χ3v) is 2.28. The lowest BCUT2D eigenvalue weighted by atomic mass is 10.1. The van der Waals surface area contributed by atoms with E-state index >= 15 is 0 Å². The Kier molecular flexibility index (Phi) is 8.57. The van der Waals surface area contributed by atoms with Crippen molar-refractivity contribution in [1.29, 1.82) is 0 Å². The molecule has 0 bridgehead atoms. The number of methoxy groups -OCH3 is 1. The van der Waals surface area contributed by atoms with Crippen LogP contribution in [-0.2, 0) is 9.53 Å². The lowest BCUT2D eigenvalue weighted by Crippen LogP contribution is -2.28. The third-order valence-electron chi connectivity index (χ3n) is 2.28. The highest BCUT2D eigenvalue weighted by Gasteiger charge is 2.11. The van der Waals surface area contributed by atoms with Gasteiger partial charge in [-0.05, 0) is 33.5 Å². The van der Waals surface area contributed by atoms with Gasteiger partial charge < -0.3 is 15.4 Å². The lowest BCUT2D eigenvalue weighted by Gasteiger charge is -2.14. The molecule has 4 nitrogen and oxygen atoms in total. The highest BCUT2D eigenvalue weighted by molar-refractivity contribution is 5.69. The summed E-state index contributed by atoms with van der Waals surface area (Å²) in [6, 6.07) is 0.249. The predicted octanol–water partition coefficient (Wildman–Crippen LogP) is 0.527. The van der Waals surface area contributed by atoms with E-state index in [9.17, 15) is 4.79 Å². The van der Waals surface area contributed by atoms with Gasteiger partial charge in [-0.3, -0.25) is 4.79 Å². The molecule has 0 saturated heterocycles. The monoisotopic (exact) mass is 202 g/mol. The number of carbonyl (C=O) groups is 1. The first-order valence-electron chi connectivity index (χ1n) is 5.13. The summed E-state index contributed by atoms with van der Waals surface area (Å²) in [5, 5.41) is 6.22. The van der Waals surface area contributed by atoms with Crippen LogP contribution < -0.4 is 10.6 Å². The van der Waals surface area contributed by atoms with E-state index in [2.05, 4.69) is 15.4 Å². The Morgan fingerprint density at radius 1 is 1.36 bits per heavy atom. The van der Waals surface area contributed by atoms with Crippen molar-refractivity contribution < 1.29 is 9.53 Å². The summed E-state index contributed by atoms with van der Waals surface area (Å²) in [5.74, 6) is -0.141. The maximum Gasteiger partial charge on any atom is 0.307 e. The molecule has 84 valence electrons. The third kappa shape index (κ3) is 6.86. The van der Waals surface area contributed by atoms with Crippen LogP contribution in [0.25, 0.3) is 0 Å². The molecule has 0 amide bonds. The molecule has 0 fully saturated rings. The predicted molar refractivity (Wildman–Crippen MR) is 57.3 cm³/mol. The number of nitrogens with one attached hydrogen (secondary N) is 2. The standard InChI is InChI=1S/C10H22N2O2/c1-11-7-5-4-6-9(12-2)8-10(13)14-3/h9,11-12H,4-8H2,1-3H3/t9-/m0/s1. The highest BCUT2D eigenvalue weighted by Crippen LogP contribution is 2.04. The smallest absolute Gasteiger partial charge is 0.307 e. The largest absolute Gasteiger partial charge is 0.469 e. The Balaban J connectivity index is 3.52. The summed E-state index contributed by atoms with van der Waals surface area (Å²) >= 11 is 0. The lowest BCUT2D eigenvalue weighted by molar-refractivity contribution is -0.141. The molecular weight excluding hydrogens is 180 g/mol. The Morgan fingerprint density at radius 2 is 2.07 bits per heavy atom. The van der Waals surface area contributed by atoms with Crippen molar-refractivity contribution in [2.24, 2.45) is 0 Å². The molecule has 1 atom stereocenters. The van der Waals surface area contributed by atoms with E-state index < -0.39 is 0 Å². The summed E-state index contributed by atoms with van der Waals surface area (Å²) in [4.78, 5) is 11.0. The van der Waals surface area contributed by atoms with Crippen LogP contribution in [0.2, 0.25) is 0 Å². The first-order valence-corrected chi connectivity index (χ1v) is 5.13. The number of hydrogen-bond acceptors (Lipinski definition) is 4. The second kappa shape index (κ2) is 8.97. The molecule has 0 rings (SSSR count). The molecular formula is C10H22N2O2. The van der Waals surface area contributed by atoms with Crippen molar-refractivity contribution in [1.82, 2.24) is 10.6 Å². The SMILES string of the molecule is CNCCCC[C@@H](CC(=O)OC)NC. The number of esters is 1. The molecule has 14 heavy (non-hydrogen) atoms. The van der Waals surface area contributed by atoms with Gasteiger partial charge in [0.1, 0.15) is 0 Å². The molecule has 0 aliphatic heterocycles. The Bertz CT molecular complexity index is 151. The van der Waals surface area contributed by atoms with Crippen LogP contribution in [0.3, 0.4) is 0 Å². The Morgan fingerprint density at radius 3 is 2.57 bits per heavy atom. The van der Waals surface area contributed by atoms with Crippen molar-refractivity contribution in [2.75, 3.05) is 27.7 Å². The summed E-state index contributed by atoms with van der Waals surface area (Å²) in [6.45, 7) is 1.04. The van der Waals surface area contributed by atoms with Gasteiger partial charge in [-0.15, -0.1) is 0 Å². The number of carbonyl (C=O) groups excluding carboxylic acids is 1. The van der Waals surface area contributed by atoms with Gasteiger partial charge >= 0.3 is 5.97 Å². The fraction of sp³-hybridized carbons (Fsp3) is 0.900. The second-order valence-corrected chi connectivity index (χ2v) is 3.37. The molecule has 0 unspecified atom stereocenters. The molecule has 0 heterocycles. The second-order valence-electron chi connectivity index (χ2n) is 3.37. The van der Waals surface area contributed by atoms with Gasteiger partial charge in [0, 0.05) is 6.04 Å². The fourth-order valence-electron chi connectivity index (χ4n) is 1.33. The van der Waals surface area contributed by atoms with E-state index in [1.54, 1.807) is 0 Å². The van der Waals surface area contributed by atoms with Gasteiger partial charge in [-0.25, -0.2) is 0 Å². The Hall–Kier alpha value is -0.610. The topological polar surface area (TPSA) is 50.4 Å². The molecule has 0 spiro atoms. The summed E-state index contributed by atoms with van der Waals surface area (Å²) in [7, 11) is 5.26. The zero-order chi connectivity index (χ0) is 10.8. The average molecular weight is 202 g/mol. The molecule has 0 radical (unpaired) electrons. The van der Waals surface area contributed by atoms with Crippen LogP contribution in [-0.4, -0.2) is 39.8 Å². The normalized spacial score (nSPS) is 12.5. The van der Waals surface area contributed by atoms with Gasteiger partial charge in [0.15, 0.2) is 0 Å². The molecule has 4 heteroatoms. The number of rotatable bonds is 8. The minimum Gasteiger partial charge on any atom is -0.469 e. The Labute approximate surface area is 86.4 Å². The van der Waals surface area contributed by atoms with Gasteiger partial charge in [-0.2, -0.15) is 0 Å². The van der Waals surface area contributed by atoms with Crippen molar-refractivity contribution in [2.45, 2.75) is 31.7 Å². The van der Waals surface area contributed by atoms with Crippen molar-refractivity contribution in [3.63, 3.8) is 0 Å². The maximum atomic E-state index is 11.0.